The van der Waals surface area contributed by atoms with E-state index in [1.54, 1.807) is 11.8 Å². The topological polar surface area (TPSA) is 92.4 Å². The molecule has 0 radical (unpaired) electrons. The van der Waals surface area contributed by atoms with Crippen molar-refractivity contribution >= 4 is 11.8 Å². The summed E-state index contributed by atoms with van der Waals surface area (Å²) in [6.45, 7) is 2.05. The number of nitrogens with one attached hydrogen (secondary N) is 3. The lowest BCUT2D eigenvalue weighted by Gasteiger charge is -2.06. The van der Waals surface area contributed by atoms with Crippen molar-refractivity contribution in [3.8, 4) is 0 Å². The van der Waals surface area contributed by atoms with Gasteiger partial charge in [0.1, 0.15) is 11.5 Å². The summed E-state index contributed by atoms with van der Waals surface area (Å²) < 4.78 is 5.64. The van der Waals surface area contributed by atoms with Gasteiger partial charge in [-0.15, -0.1) is 0 Å². The second-order valence-electron chi connectivity index (χ2n) is 4.63. The monoisotopic (exact) mass is 312 g/mol. The van der Waals surface area contributed by atoms with E-state index < -0.39 is 0 Å². The molecule has 1 aromatic heterocycles. The second kappa shape index (κ2) is 7.94. The molecule has 0 bridgehead atoms. The van der Waals surface area contributed by atoms with E-state index in [-0.39, 0.29) is 10.6 Å². The molecule has 0 fully saturated rings. The van der Waals surface area contributed by atoms with Gasteiger partial charge < -0.3 is 20.4 Å². The molecule has 0 saturated carbocycles. The van der Waals surface area contributed by atoms with E-state index in [4.69, 9.17) is 4.42 Å². The minimum atomic E-state index is -0.318. The molecule has 0 spiro atoms. The van der Waals surface area contributed by atoms with Gasteiger partial charge in [-0.2, -0.15) is 11.8 Å². The lowest BCUT2D eigenvalue weighted by molar-refractivity contribution is -0.427. The summed E-state index contributed by atoms with van der Waals surface area (Å²) in [6.07, 6.45) is 0.475. The molecule has 0 saturated heterocycles. The highest BCUT2D eigenvalue weighted by molar-refractivity contribution is 7.98. The van der Waals surface area contributed by atoms with Gasteiger partial charge in [0.25, 0.3) is 5.70 Å². The maximum Gasteiger partial charge on any atom is 0.287 e. The van der Waals surface area contributed by atoms with Gasteiger partial charge in [-0.25, -0.2) is 0 Å². The molecule has 0 aliphatic carbocycles. The maximum absolute atomic E-state index is 10.8. The number of hydrogen-bond donors (Lipinski definition) is 3. The first-order valence-corrected chi connectivity index (χ1v) is 8.01. The fourth-order valence-corrected chi connectivity index (χ4v) is 2.82. The molecular formula is C13H20N4O3S. The Morgan fingerprint density at radius 2 is 2.29 bits per heavy atom. The van der Waals surface area contributed by atoms with E-state index in [0.717, 1.165) is 29.6 Å². The summed E-state index contributed by atoms with van der Waals surface area (Å²) >= 11 is 1.73. The minimum Gasteiger partial charge on any atom is -0.464 e. The molecule has 2 rings (SSSR count). The highest BCUT2D eigenvalue weighted by atomic mass is 32.2. The molecule has 0 unspecified atom stereocenters. The summed E-state index contributed by atoms with van der Waals surface area (Å²) in [5.41, 5.74) is 0.253. The molecule has 1 aromatic rings. The highest BCUT2D eigenvalue weighted by Gasteiger charge is 2.23. The van der Waals surface area contributed by atoms with Crippen LogP contribution in [-0.2, 0) is 12.3 Å². The lowest BCUT2D eigenvalue weighted by atomic mass is 10.4. The molecule has 116 valence electrons. The lowest BCUT2D eigenvalue weighted by Crippen LogP contribution is -2.26. The quantitative estimate of drug-likeness (QED) is 0.359. The molecule has 0 amide bonds. The Labute approximate surface area is 127 Å². The van der Waals surface area contributed by atoms with Gasteiger partial charge in [0.2, 0.25) is 0 Å². The van der Waals surface area contributed by atoms with Crippen molar-refractivity contribution in [2.45, 2.75) is 18.7 Å². The molecule has 0 aromatic carbocycles. The third-order valence-corrected chi connectivity index (χ3v) is 4.01. The molecular weight excluding hydrogens is 292 g/mol. The van der Waals surface area contributed by atoms with Crippen LogP contribution in [0.4, 0.5) is 0 Å². The molecule has 7 nitrogen and oxygen atoms in total. The van der Waals surface area contributed by atoms with Crippen LogP contribution in [0.15, 0.2) is 28.1 Å². The van der Waals surface area contributed by atoms with Crippen LogP contribution in [-0.4, -0.2) is 30.8 Å². The molecule has 1 aliphatic heterocycles. The number of furan rings is 1. The Kier molecular flexibility index (Phi) is 5.94. The van der Waals surface area contributed by atoms with Gasteiger partial charge in [0, 0.05) is 18.8 Å². The van der Waals surface area contributed by atoms with Crippen molar-refractivity contribution in [3.63, 3.8) is 0 Å². The van der Waals surface area contributed by atoms with Crippen molar-refractivity contribution in [3.05, 3.63) is 45.3 Å². The Morgan fingerprint density at radius 1 is 1.48 bits per heavy atom. The van der Waals surface area contributed by atoms with Crippen molar-refractivity contribution in [1.82, 2.24) is 16.0 Å². The van der Waals surface area contributed by atoms with E-state index >= 15 is 0 Å². The zero-order chi connectivity index (χ0) is 15.1. The number of rotatable bonds is 9. The zero-order valence-corrected chi connectivity index (χ0v) is 12.8. The normalized spacial score (nSPS) is 14.3. The summed E-state index contributed by atoms with van der Waals surface area (Å²) in [6, 6.07) is 3.96. The average Bonchev–Trinajstić information content (AvgIpc) is 3.08. The van der Waals surface area contributed by atoms with E-state index in [1.807, 2.05) is 19.2 Å². The van der Waals surface area contributed by atoms with E-state index in [2.05, 4.69) is 16.0 Å². The van der Waals surface area contributed by atoms with Crippen LogP contribution in [0.25, 0.3) is 0 Å². The predicted octanol–water partition coefficient (Wildman–Crippen LogP) is 1.26. The molecule has 8 heteroatoms. The van der Waals surface area contributed by atoms with Crippen LogP contribution in [0.1, 0.15) is 17.9 Å². The smallest absolute Gasteiger partial charge is 0.287 e. The van der Waals surface area contributed by atoms with Crippen LogP contribution in [0.5, 0.6) is 0 Å². The number of nitro groups is 1. The molecule has 0 atom stereocenters. The zero-order valence-electron chi connectivity index (χ0n) is 12.0. The standard InChI is InChI=1S/C13H20N4O3S/c1-14-8-10-2-3-11(20-10)9-21-7-6-16-13-12(17(18)19)4-5-15-13/h2-3,14-16H,4-9H2,1H3. The van der Waals surface area contributed by atoms with Crippen molar-refractivity contribution in [1.29, 1.82) is 0 Å². The predicted molar refractivity (Wildman–Crippen MR) is 82.3 cm³/mol. The SMILES string of the molecule is CNCc1ccc(CSCCNC2=C([N+](=O)[O-])CCN2)o1. The van der Waals surface area contributed by atoms with Crippen molar-refractivity contribution in [2.75, 3.05) is 25.9 Å². The molecule has 1 aliphatic rings. The summed E-state index contributed by atoms with van der Waals surface area (Å²) in [5.74, 6) is 4.12. The Hall–Kier alpha value is -1.67. The molecule has 3 N–H and O–H groups in total. The summed E-state index contributed by atoms with van der Waals surface area (Å²) in [4.78, 5) is 10.5. The summed E-state index contributed by atoms with van der Waals surface area (Å²) in [7, 11) is 1.88. The van der Waals surface area contributed by atoms with Gasteiger partial charge in [0.15, 0.2) is 5.82 Å². The van der Waals surface area contributed by atoms with Gasteiger partial charge >= 0.3 is 0 Å². The number of nitrogens with zero attached hydrogens (tertiary/aromatic N) is 1. The van der Waals surface area contributed by atoms with Crippen LogP contribution in [0.2, 0.25) is 0 Å². The Bertz CT molecular complexity index is 515. The van der Waals surface area contributed by atoms with Crippen molar-refractivity contribution in [2.24, 2.45) is 0 Å². The van der Waals surface area contributed by atoms with Gasteiger partial charge in [-0.05, 0) is 19.2 Å². The first-order valence-electron chi connectivity index (χ1n) is 6.86. The summed E-state index contributed by atoms with van der Waals surface area (Å²) in [5, 5.41) is 19.9. The van der Waals surface area contributed by atoms with Crippen molar-refractivity contribution < 1.29 is 9.34 Å². The third-order valence-electron chi connectivity index (χ3n) is 3.03. The van der Waals surface area contributed by atoms with E-state index in [9.17, 15) is 10.1 Å². The third kappa shape index (κ3) is 4.68. The van der Waals surface area contributed by atoms with E-state index in [0.29, 0.717) is 25.3 Å². The van der Waals surface area contributed by atoms with Crippen LogP contribution in [0.3, 0.4) is 0 Å². The molecule has 2 heterocycles. The van der Waals surface area contributed by atoms with Crippen LogP contribution in [0, 0.1) is 10.1 Å². The average molecular weight is 312 g/mol. The van der Waals surface area contributed by atoms with Crippen LogP contribution >= 0.6 is 11.8 Å². The highest BCUT2D eigenvalue weighted by Crippen LogP contribution is 2.16. The first kappa shape index (κ1) is 15.7. The fraction of sp³-hybridized carbons (Fsp3) is 0.538. The minimum absolute atomic E-state index is 0.253. The maximum atomic E-state index is 10.8. The largest absolute Gasteiger partial charge is 0.464 e. The van der Waals surface area contributed by atoms with Gasteiger partial charge in [-0.3, -0.25) is 10.1 Å². The van der Waals surface area contributed by atoms with Crippen LogP contribution < -0.4 is 16.0 Å². The second-order valence-corrected chi connectivity index (χ2v) is 5.74. The van der Waals surface area contributed by atoms with Gasteiger partial charge in [0.05, 0.1) is 23.6 Å². The van der Waals surface area contributed by atoms with E-state index in [1.165, 1.54) is 0 Å². The number of thioether (sulfide) groups is 1. The first-order chi connectivity index (χ1) is 10.2. The molecule has 21 heavy (non-hydrogen) atoms. The number of hydrogen-bond acceptors (Lipinski definition) is 7. The Balaban J connectivity index is 1.65. The fourth-order valence-electron chi connectivity index (χ4n) is 2.07. The van der Waals surface area contributed by atoms with Gasteiger partial charge in [-0.1, -0.05) is 0 Å². The Morgan fingerprint density at radius 3 is 3.05 bits per heavy atom.